The standard InChI is InChI=1S/C13H18N4O3S/c1-9-7-10(20-16-9)8-15-11-5-4-6-12(13(11)14)21(18,19)17(2)3/h4-7,15H,8,14H2,1-3H3. The first-order valence-corrected chi connectivity index (χ1v) is 7.73. The molecule has 0 saturated heterocycles. The maximum absolute atomic E-state index is 12.2. The molecule has 0 aliphatic rings. The normalized spacial score (nSPS) is 11.8. The molecule has 0 saturated carbocycles. The number of aromatic nitrogens is 1. The SMILES string of the molecule is Cc1cc(CNc2cccc(S(=O)(=O)N(C)C)c2N)on1. The van der Waals surface area contributed by atoms with Gasteiger partial charge in [-0.2, -0.15) is 0 Å². The molecule has 0 spiro atoms. The summed E-state index contributed by atoms with van der Waals surface area (Å²) in [6.07, 6.45) is 0. The summed E-state index contributed by atoms with van der Waals surface area (Å²) in [6.45, 7) is 2.20. The summed E-state index contributed by atoms with van der Waals surface area (Å²) in [5, 5.41) is 6.83. The minimum atomic E-state index is -3.58. The van der Waals surface area contributed by atoms with Gasteiger partial charge in [-0.3, -0.25) is 0 Å². The highest BCUT2D eigenvalue weighted by molar-refractivity contribution is 7.89. The van der Waals surface area contributed by atoms with E-state index in [0.717, 1.165) is 10.00 Å². The lowest BCUT2D eigenvalue weighted by molar-refractivity contribution is 0.384. The highest BCUT2D eigenvalue weighted by atomic mass is 32.2. The summed E-state index contributed by atoms with van der Waals surface area (Å²) in [4.78, 5) is 0.0752. The molecule has 0 aliphatic heterocycles. The summed E-state index contributed by atoms with van der Waals surface area (Å²) < 4.78 is 30.6. The number of nitrogens with one attached hydrogen (secondary N) is 1. The molecule has 21 heavy (non-hydrogen) atoms. The monoisotopic (exact) mass is 310 g/mol. The quantitative estimate of drug-likeness (QED) is 0.810. The van der Waals surface area contributed by atoms with E-state index in [1.54, 1.807) is 18.2 Å². The molecule has 0 radical (unpaired) electrons. The number of benzene rings is 1. The number of nitrogen functional groups attached to an aromatic ring is 1. The van der Waals surface area contributed by atoms with Crippen LogP contribution in [0.2, 0.25) is 0 Å². The Morgan fingerprint density at radius 2 is 2.10 bits per heavy atom. The van der Waals surface area contributed by atoms with Gasteiger partial charge in [-0.15, -0.1) is 0 Å². The van der Waals surface area contributed by atoms with Gasteiger partial charge in [-0.1, -0.05) is 11.2 Å². The summed E-state index contributed by atoms with van der Waals surface area (Å²) in [5.41, 5.74) is 7.46. The Morgan fingerprint density at radius 3 is 2.67 bits per heavy atom. The van der Waals surface area contributed by atoms with Gasteiger partial charge in [0, 0.05) is 20.2 Å². The van der Waals surface area contributed by atoms with Crippen molar-refractivity contribution in [2.45, 2.75) is 18.4 Å². The van der Waals surface area contributed by atoms with Crippen LogP contribution in [0.4, 0.5) is 11.4 Å². The van der Waals surface area contributed by atoms with Crippen LogP contribution in [-0.4, -0.2) is 32.0 Å². The van der Waals surface area contributed by atoms with Crippen molar-refractivity contribution in [1.29, 1.82) is 0 Å². The van der Waals surface area contributed by atoms with Gasteiger partial charge in [-0.25, -0.2) is 12.7 Å². The maximum Gasteiger partial charge on any atom is 0.244 e. The van der Waals surface area contributed by atoms with Gasteiger partial charge >= 0.3 is 0 Å². The van der Waals surface area contributed by atoms with Crippen molar-refractivity contribution in [3.63, 3.8) is 0 Å². The van der Waals surface area contributed by atoms with Gasteiger partial charge in [-0.05, 0) is 19.1 Å². The summed E-state index contributed by atoms with van der Waals surface area (Å²) in [5.74, 6) is 0.646. The third-order valence-corrected chi connectivity index (χ3v) is 4.83. The largest absolute Gasteiger partial charge is 0.396 e. The van der Waals surface area contributed by atoms with E-state index in [1.165, 1.54) is 20.2 Å². The molecule has 7 nitrogen and oxygen atoms in total. The topological polar surface area (TPSA) is 101 Å². The second-order valence-corrected chi connectivity index (χ2v) is 6.91. The van der Waals surface area contributed by atoms with Crippen molar-refractivity contribution in [3.8, 4) is 0 Å². The number of nitrogens with zero attached hydrogens (tertiary/aromatic N) is 2. The van der Waals surface area contributed by atoms with Gasteiger partial charge in [0.15, 0.2) is 5.76 Å². The number of aryl methyl sites for hydroxylation is 1. The first-order chi connectivity index (χ1) is 9.82. The molecule has 0 fully saturated rings. The molecular weight excluding hydrogens is 292 g/mol. The molecule has 2 aromatic rings. The van der Waals surface area contributed by atoms with Crippen LogP contribution in [0, 0.1) is 6.92 Å². The number of nitrogens with two attached hydrogens (primary N) is 1. The van der Waals surface area contributed by atoms with E-state index in [9.17, 15) is 8.42 Å². The average molecular weight is 310 g/mol. The Morgan fingerprint density at radius 1 is 1.38 bits per heavy atom. The molecule has 0 bridgehead atoms. The zero-order valence-electron chi connectivity index (χ0n) is 12.1. The second kappa shape index (κ2) is 5.74. The molecule has 1 aromatic heterocycles. The van der Waals surface area contributed by atoms with Gasteiger partial charge in [0.05, 0.1) is 23.6 Å². The van der Waals surface area contributed by atoms with Gasteiger partial charge in [0.1, 0.15) is 4.90 Å². The molecule has 1 heterocycles. The number of anilines is 2. The van der Waals surface area contributed by atoms with E-state index >= 15 is 0 Å². The van der Waals surface area contributed by atoms with Crippen LogP contribution in [0.5, 0.6) is 0 Å². The molecule has 0 atom stereocenters. The molecule has 0 unspecified atom stereocenters. The zero-order chi connectivity index (χ0) is 15.6. The fraction of sp³-hybridized carbons (Fsp3) is 0.308. The molecule has 2 rings (SSSR count). The van der Waals surface area contributed by atoms with Crippen LogP contribution in [0.1, 0.15) is 11.5 Å². The summed E-state index contributed by atoms with van der Waals surface area (Å²) in [6, 6.07) is 6.63. The summed E-state index contributed by atoms with van der Waals surface area (Å²) in [7, 11) is -0.647. The van der Waals surface area contributed by atoms with E-state index in [-0.39, 0.29) is 10.6 Å². The van der Waals surface area contributed by atoms with Crippen molar-refractivity contribution < 1.29 is 12.9 Å². The number of hydrogen-bond donors (Lipinski definition) is 2. The molecule has 114 valence electrons. The first-order valence-electron chi connectivity index (χ1n) is 6.29. The Hall–Kier alpha value is -2.06. The zero-order valence-corrected chi connectivity index (χ0v) is 12.9. The van der Waals surface area contributed by atoms with Gasteiger partial charge in [0.25, 0.3) is 0 Å². The van der Waals surface area contributed by atoms with E-state index in [4.69, 9.17) is 10.3 Å². The van der Waals surface area contributed by atoms with E-state index in [0.29, 0.717) is 18.0 Å². The fourth-order valence-corrected chi connectivity index (χ4v) is 2.83. The third kappa shape index (κ3) is 3.17. The number of para-hydroxylation sites is 1. The lowest BCUT2D eigenvalue weighted by atomic mass is 10.2. The Bertz CT molecular complexity index is 738. The molecule has 0 aliphatic carbocycles. The van der Waals surface area contributed by atoms with Gasteiger partial charge < -0.3 is 15.6 Å². The lowest BCUT2D eigenvalue weighted by Gasteiger charge is -2.16. The molecule has 3 N–H and O–H groups in total. The number of sulfonamides is 1. The van der Waals surface area contributed by atoms with Crippen molar-refractivity contribution in [3.05, 3.63) is 35.7 Å². The molecule has 1 aromatic carbocycles. The second-order valence-electron chi connectivity index (χ2n) is 4.79. The maximum atomic E-state index is 12.2. The van der Waals surface area contributed by atoms with Crippen molar-refractivity contribution in [2.75, 3.05) is 25.1 Å². The van der Waals surface area contributed by atoms with Crippen LogP contribution in [-0.2, 0) is 16.6 Å². The van der Waals surface area contributed by atoms with Crippen LogP contribution in [0.25, 0.3) is 0 Å². The number of rotatable bonds is 5. The smallest absolute Gasteiger partial charge is 0.244 e. The van der Waals surface area contributed by atoms with E-state index in [2.05, 4.69) is 10.5 Å². The highest BCUT2D eigenvalue weighted by Gasteiger charge is 2.21. The Labute approximate surface area is 123 Å². The Balaban J connectivity index is 2.26. The highest BCUT2D eigenvalue weighted by Crippen LogP contribution is 2.28. The molecular formula is C13H18N4O3S. The lowest BCUT2D eigenvalue weighted by Crippen LogP contribution is -2.23. The molecule has 8 heteroatoms. The van der Waals surface area contributed by atoms with Crippen molar-refractivity contribution in [1.82, 2.24) is 9.46 Å². The molecule has 0 amide bonds. The van der Waals surface area contributed by atoms with E-state index < -0.39 is 10.0 Å². The summed E-state index contributed by atoms with van der Waals surface area (Å²) >= 11 is 0. The Kier molecular flexibility index (Phi) is 4.19. The fourth-order valence-electron chi connectivity index (χ4n) is 1.80. The van der Waals surface area contributed by atoms with E-state index in [1.807, 2.05) is 6.92 Å². The average Bonchev–Trinajstić information content (AvgIpc) is 2.83. The van der Waals surface area contributed by atoms with Crippen LogP contribution < -0.4 is 11.1 Å². The predicted octanol–water partition coefficient (Wildman–Crippen LogP) is 1.43. The predicted molar refractivity (Wildman–Crippen MR) is 80.3 cm³/mol. The third-order valence-electron chi connectivity index (χ3n) is 2.95. The van der Waals surface area contributed by atoms with Crippen LogP contribution in [0.3, 0.4) is 0 Å². The minimum Gasteiger partial charge on any atom is -0.396 e. The minimum absolute atomic E-state index is 0.0752. The van der Waals surface area contributed by atoms with Crippen molar-refractivity contribution in [2.24, 2.45) is 0 Å². The first kappa shape index (κ1) is 15.3. The van der Waals surface area contributed by atoms with Crippen molar-refractivity contribution >= 4 is 21.4 Å². The van der Waals surface area contributed by atoms with Crippen LogP contribution in [0.15, 0.2) is 33.7 Å². The van der Waals surface area contributed by atoms with Gasteiger partial charge in [0.2, 0.25) is 10.0 Å². The van der Waals surface area contributed by atoms with Crippen LogP contribution >= 0.6 is 0 Å². The number of hydrogen-bond acceptors (Lipinski definition) is 6.